The van der Waals surface area contributed by atoms with E-state index in [4.69, 9.17) is 11.6 Å². The molecule has 0 fully saturated rings. The van der Waals surface area contributed by atoms with Crippen LogP contribution in [0.25, 0.3) is 0 Å². The van der Waals surface area contributed by atoms with Gasteiger partial charge >= 0.3 is 0 Å². The molecule has 0 saturated carbocycles. The summed E-state index contributed by atoms with van der Waals surface area (Å²) in [4.78, 5) is 33.3. The van der Waals surface area contributed by atoms with Gasteiger partial charge in [-0.05, 0) is 48.4 Å². The number of rotatable bonds is 3. The molecule has 2 aliphatic rings. The number of alkyl halides is 2. The van der Waals surface area contributed by atoms with Crippen molar-refractivity contribution in [3.8, 4) is 0 Å². The van der Waals surface area contributed by atoms with Crippen molar-refractivity contribution < 1.29 is 28.6 Å². The van der Waals surface area contributed by atoms with Crippen molar-refractivity contribution in [2.75, 3.05) is 29.5 Å². The second-order valence-corrected chi connectivity index (χ2v) is 9.30. The zero-order valence-electron chi connectivity index (χ0n) is 19.0. The van der Waals surface area contributed by atoms with Crippen LogP contribution in [0.4, 0.5) is 20.3 Å². The van der Waals surface area contributed by atoms with E-state index in [0.717, 1.165) is 16.5 Å². The Kier molecular flexibility index (Phi) is 6.02. The summed E-state index contributed by atoms with van der Waals surface area (Å²) in [5.74, 6) is -4.16. The number of benzene rings is 2. The molecule has 2 aliphatic heterocycles. The number of amides is 2. The summed E-state index contributed by atoms with van der Waals surface area (Å²) in [6.07, 6.45) is 1.08. The highest BCUT2D eigenvalue weighted by Gasteiger charge is 2.56. The maximum Gasteiger partial charge on any atom is 0.284 e. The van der Waals surface area contributed by atoms with Crippen molar-refractivity contribution >= 4 is 34.9 Å². The Morgan fingerprint density at radius 2 is 1.89 bits per heavy atom. The average molecular weight is 514 g/mol. The average Bonchev–Trinajstić information content (AvgIpc) is 2.97. The second-order valence-electron chi connectivity index (χ2n) is 8.86. The van der Waals surface area contributed by atoms with Crippen LogP contribution in [-0.4, -0.2) is 52.6 Å². The third-order valence-corrected chi connectivity index (χ3v) is 7.03. The largest absolute Gasteiger partial charge is 0.393 e. The SMILES string of the molecule is O=C1c2ccccc2CCN1c1ccc(C(=O)N2CCC(F)(F)[C@](O)(CO)c3cc(Cl)ccc32)cn1. The molecular weight excluding hydrogens is 492 g/mol. The summed E-state index contributed by atoms with van der Waals surface area (Å²) < 4.78 is 29.8. The molecule has 5 rings (SSSR count). The molecule has 3 aromatic rings. The number of aliphatic hydroxyl groups excluding tert-OH is 1. The van der Waals surface area contributed by atoms with Crippen LogP contribution in [0.2, 0.25) is 5.02 Å². The van der Waals surface area contributed by atoms with E-state index in [-0.39, 0.29) is 27.7 Å². The zero-order chi connectivity index (χ0) is 25.7. The van der Waals surface area contributed by atoms with E-state index >= 15 is 0 Å². The first-order valence-electron chi connectivity index (χ1n) is 11.3. The number of fused-ring (bicyclic) bond motifs is 2. The van der Waals surface area contributed by atoms with E-state index in [1.54, 1.807) is 18.2 Å². The standard InChI is InChI=1S/C26H22ClF2N3O4/c27-18-6-7-21-20(13-18)25(36,15-33)26(28,29)10-12-31(21)23(34)17-5-8-22(30-14-17)32-11-9-16-3-1-2-4-19(16)24(32)35/h1-8,13-14,33,36H,9-12,15H2/t25-/m0/s1. The Morgan fingerprint density at radius 1 is 1.11 bits per heavy atom. The van der Waals surface area contributed by atoms with E-state index < -0.39 is 37.0 Å². The monoisotopic (exact) mass is 513 g/mol. The van der Waals surface area contributed by atoms with Crippen molar-refractivity contribution in [3.05, 3.63) is 88.1 Å². The number of hydrogen-bond donors (Lipinski definition) is 2. The van der Waals surface area contributed by atoms with E-state index in [0.29, 0.717) is 24.3 Å². The van der Waals surface area contributed by atoms with Gasteiger partial charge in [0.1, 0.15) is 5.82 Å². The molecular formula is C26H22ClF2N3O4. The topological polar surface area (TPSA) is 94.0 Å². The normalized spacial score (nSPS) is 21.0. The van der Waals surface area contributed by atoms with Crippen molar-refractivity contribution in [3.63, 3.8) is 0 Å². The van der Waals surface area contributed by atoms with Gasteiger partial charge in [0.2, 0.25) is 0 Å². The number of halogens is 3. The lowest BCUT2D eigenvalue weighted by atomic mass is 9.86. The van der Waals surface area contributed by atoms with Gasteiger partial charge in [0.05, 0.1) is 17.9 Å². The van der Waals surface area contributed by atoms with Gasteiger partial charge in [-0.25, -0.2) is 13.8 Å². The zero-order valence-corrected chi connectivity index (χ0v) is 19.8. The summed E-state index contributed by atoms with van der Waals surface area (Å²) in [7, 11) is 0. The Balaban J connectivity index is 1.46. The van der Waals surface area contributed by atoms with Gasteiger partial charge in [0.25, 0.3) is 17.7 Å². The maximum atomic E-state index is 14.9. The van der Waals surface area contributed by atoms with Crippen LogP contribution in [0.3, 0.4) is 0 Å². The molecule has 0 aliphatic carbocycles. The number of nitrogens with zero attached hydrogens (tertiary/aromatic N) is 3. The fourth-order valence-electron chi connectivity index (χ4n) is 4.74. The third kappa shape index (κ3) is 3.84. The predicted octanol–water partition coefficient (Wildman–Crippen LogP) is 3.80. The lowest BCUT2D eigenvalue weighted by Crippen LogP contribution is -2.48. The highest BCUT2D eigenvalue weighted by atomic mass is 35.5. The van der Waals surface area contributed by atoms with Gasteiger partial charge in [-0.3, -0.25) is 14.5 Å². The molecule has 2 N–H and O–H groups in total. The quantitative estimate of drug-likeness (QED) is 0.555. The lowest BCUT2D eigenvalue weighted by molar-refractivity contribution is -0.205. The first-order chi connectivity index (χ1) is 17.2. The summed E-state index contributed by atoms with van der Waals surface area (Å²) in [5.41, 5.74) is -1.55. The molecule has 7 nitrogen and oxygen atoms in total. The van der Waals surface area contributed by atoms with E-state index in [9.17, 15) is 28.6 Å². The number of carbonyl (C=O) groups is 2. The molecule has 36 heavy (non-hydrogen) atoms. The van der Waals surface area contributed by atoms with Crippen LogP contribution in [0.5, 0.6) is 0 Å². The summed E-state index contributed by atoms with van der Waals surface area (Å²) >= 11 is 6.00. The molecule has 3 heterocycles. The number of carbonyl (C=O) groups excluding carboxylic acids is 2. The number of aliphatic hydroxyl groups is 2. The maximum absolute atomic E-state index is 14.9. The molecule has 0 spiro atoms. The Labute approximate surface area is 210 Å². The molecule has 0 unspecified atom stereocenters. The van der Waals surface area contributed by atoms with Crippen LogP contribution < -0.4 is 9.80 Å². The highest BCUT2D eigenvalue weighted by molar-refractivity contribution is 6.30. The fourth-order valence-corrected chi connectivity index (χ4v) is 4.91. The summed E-state index contributed by atoms with van der Waals surface area (Å²) in [5, 5.41) is 20.5. The van der Waals surface area contributed by atoms with Crippen LogP contribution in [-0.2, 0) is 12.0 Å². The molecule has 1 aromatic heterocycles. The molecule has 0 bridgehead atoms. The minimum atomic E-state index is -3.72. The predicted molar refractivity (Wildman–Crippen MR) is 130 cm³/mol. The lowest BCUT2D eigenvalue weighted by Gasteiger charge is -2.33. The molecule has 1 atom stereocenters. The van der Waals surface area contributed by atoms with Gasteiger partial charge in [-0.1, -0.05) is 29.8 Å². The van der Waals surface area contributed by atoms with E-state index in [1.807, 2.05) is 12.1 Å². The number of anilines is 2. The van der Waals surface area contributed by atoms with E-state index in [2.05, 4.69) is 4.98 Å². The van der Waals surface area contributed by atoms with Crippen LogP contribution in [0.1, 0.15) is 38.3 Å². The third-order valence-electron chi connectivity index (χ3n) is 6.79. The molecule has 0 saturated heterocycles. The molecule has 186 valence electrons. The smallest absolute Gasteiger partial charge is 0.284 e. The molecule has 10 heteroatoms. The summed E-state index contributed by atoms with van der Waals surface area (Å²) in [6.45, 7) is -1.23. The van der Waals surface area contributed by atoms with Crippen molar-refractivity contribution in [1.82, 2.24) is 4.98 Å². The second kappa shape index (κ2) is 8.92. The number of hydrogen-bond acceptors (Lipinski definition) is 5. The Morgan fingerprint density at radius 3 is 2.61 bits per heavy atom. The molecule has 2 aromatic carbocycles. The van der Waals surface area contributed by atoms with Crippen molar-refractivity contribution in [2.24, 2.45) is 0 Å². The van der Waals surface area contributed by atoms with Crippen LogP contribution in [0.15, 0.2) is 60.8 Å². The highest BCUT2D eigenvalue weighted by Crippen LogP contribution is 2.47. The van der Waals surface area contributed by atoms with Gasteiger partial charge < -0.3 is 15.1 Å². The van der Waals surface area contributed by atoms with Crippen molar-refractivity contribution in [2.45, 2.75) is 24.4 Å². The van der Waals surface area contributed by atoms with Gasteiger partial charge in [0.15, 0.2) is 5.60 Å². The minimum Gasteiger partial charge on any atom is -0.393 e. The van der Waals surface area contributed by atoms with Crippen molar-refractivity contribution in [1.29, 1.82) is 0 Å². The van der Waals surface area contributed by atoms with Gasteiger partial charge in [0, 0.05) is 41.9 Å². The number of aromatic nitrogens is 1. The fraction of sp³-hybridized carbons (Fsp3) is 0.269. The first kappa shape index (κ1) is 24.3. The molecule has 2 amide bonds. The Bertz CT molecular complexity index is 1350. The Hall–Kier alpha value is -3.40. The van der Waals surface area contributed by atoms with Gasteiger partial charge in [-0.2, -0.15) is 0 Å². The van der Waals surface area contributed by atoms with E-state index in [1.165, 1.54) is 29.3 Å². The van der Waals surface area contributed by atoms with Gasteiger partial charge in [-0.15, -0.1) is 0 Å². The minimum absolute atomic E-state index is 0.0185. The first-order valence-corrected chi connectivity index (χ1v) is 11.7. The van der Waals surface area contributed by atoms with Crippen LogP contribution in [0, 0.1) is 0 Å². The molecule has 0 radical (unpaired) electrons. The van der Waals surface area contributed by atoms with Crippen LogP contribution >= 0.6 is 11.6 Å². The number of pyridine rings is 1. The summed E-state index contributed by atoms with van der Waals surface area (Å²) in [6, 6.07) is 14.3.